The minimum absolute atomic E-state index is 0.0477. The number of aliphatic hydroxyl groups is 1. The maximum atomic E-state index is 13.3. The van der Waals surface area contributed by atoms with Gasteiger partial charge in [0.05, 0.1) is 30.0 Å². The van der Waals surface area contributed by atoms with Gasteiger partial charge in [0.15, 0.2) is 0 Å². The van der Waals surface area contributed by atoms with Crippen LogP contribution < -0.4 is 14.4 Å². The first kappa shape index (κ1) is 24.6. The highest BCUT2D eigenvalue weighted by atomic mass is 16.5. The molecule has 4 rings (SSSR count). The number of aliphatic hydroxyl groups excluding tert-OH is 1. The van der Waals surface area contributed by atoms with Crippen molar-refractivity contribution < 1.29 is 28.9 Å². The highest BCUT2D eigenvalue weighted by molar-refractivity contribution is 6.46. The lowest BCUT2D eigenvalue weighted by atomic mass is 9.94. The van der Waals surface area contributed by atoms with Crippen LogP contribution >= 0.6 is 0 Å². The third-order valence-electron chi connectivity index (χ3n) is 6.19. The van der Waals surface area contributed by atoms with E-state index in [0.29, 0.717) is 55.4 Å². The van der Waals surface area contributed by atoms with Crippen LogP contribution in [0.3, 0.4) is 0 Å². The summed E-state index contributed by atoms with van der Waals surface area (Å²) < 4.78 is 16.9. The van der Waals surface area contributed by atoms with E-state index in [9.17, 15) is 14.7 Å². The first-order valence-corrected chi connectivity index (χ1v) is 11.8. The SMILES string of the molecule is COCCCN1C(=O)C(=O)/C(=C(/O)c2ccc3c(c2)N(C)CCO3)C1c1ccccc1OC(C)C. The Balaban J connectivity index is 1.85. The molecule has 8 heteroatoms. The molecule has 0 saturated carbocycles. The van der Waals surface area contributed by atoms with Crippen LogP contribution in [-0.2, 0) is 14.3 Å². The van der Waals surface area contributed by atoms with Crippen molar-refractivity contribution in [3.05, 3.63) is 59.2 Å². The molecule has 2 aliphatic rings. The Kier molecular flexibility index (Phi) is 7.31. The molecule has 0 spiro atoms. The van der Waals surface area contributed by atoms with Gasteiger partial charge in [-0.25, -0.2) is 0 Å². The van der Waals surface area contributed by atoms with Crippen molar-refractivity contribution in [2.45, 2.75) is 32.4 Å². The molecule has 1 atom stereocenters. The molecule has 1 amide bonds. The van der Waals surface area contributed by atoms with Gasteiger partial charge < -0.3 is 29.1 Å². The number of carbonyl (C=O) groups excluding carboxylic acids is 2. The van der Waals surface area contributed by atoms with E-state index in [4.69, 9.17) is 14.2 Å². The van der Waals surface area contributed by atoms with E-state index < -0.39 is 17.7 Å². The number of ketones is 1. The van der Waals surface area contributed by atoms with E-state index in [0.717, 1.165) is 5.69 Å². The van der Waals surface area contributed by atoms with Gasteiger partial charge in [0.25, 0.3) is 11.7 Å². The monoisotopic (exact) mass is 480 g/mol. The smallest absolute Gasteiger partial charge is 0.295 e. The number of carbonyl (C=O) groups is 2. The normalized spacial score (nSPS) is 19.2. The van der Waals surface area contributed by atoms with E-state index in [1.165, 1.54) is 4.90 Å². The highest BCUT2D eigenvalue weighted by Crippen LogP contribution is 2.44. The molecule has 8 nitrogen and oxygen atoms in total. The molecule has 2 aliphatic heterocycles. The van der Waals surface area contributed by atoms with E-state index in [2.05, 4.69) is 0 Å². The quantitative estimate of drug-likeness (QED) is 0.266. The summed E-state index contributed by atoms with van der Waals surface area (Å²) in [6, 6.07) is 11.8. The second-order valence-electron chi connectivity index (χ2n) is 9.00. The molecule has 1 fully saturated rings. The van der Waals surface area contributed by atoms with Crippen LogP contribution in [0.25, 0.3) is 5.76 Å². The number of Topliss-reactive ketones (excluding diaryl/α,β-unsaturated/α-hetero) is 1. The number of methoxy groups -OCH3 is 1. The van der Waals surface area contributed by atoms with Crippen LogP contribution in [0.15, 0.2) is 48.0 Å². The van der Waals surface area contributed by atoms with Crippen LogP contribution in [0.1, 0.15) is 37.4 Å². The molecule has 0 aromatic heterocycles. The van der Waals surface area contributed by atoms with Crippen LogP contribution in [0, 0.1) is 0 Å². The fraction of sp³-hybridized carbons (Fsp3) is 0.407. The average molecular weight is 481 g/mol. The van der Waals surface area contributed by atoms with Gasteiger partial charge >= 0.3 is 0 Å². The molecule has 186 valence electrons. The standard InChI is InChI=1S/C27H32N2O6/c1-17(2)35-21-9-6-5-8-19(21)24-23(26(31)27(32)29(24)12-7-14-33-4)25(30)18-10-11-22-20(16-18)28(3)13-15-34-22/h5-6,8-11,16-17,24,30H,7,12-15H2,1-4H3/b25-23+. The van der Waals surface area contributed by atoms with Crippen molar-refractivity contribution in [2.75, 3.05) is 45.4 Å². The van der Waals surface area contributed by atoms with Crippen molar-refractivity contribution >= 4 is 23.1 Å². The molecule has 35 heavy (non-hydrogen) atoms. The highest BCUT2D eigenvalue weighted by Gasteiger charge is 2.47. The predicted octanol–water partition coefficient (Wildman–Crippen LogP) is 3.76. The van der Waals surface area contributed by atoms with Crippen molar-refractivity contribution in [2.24, 2.45) is 0 Å². The second kappa shape index (κ2) is 10.4. The van der Waals surface area contributed by atoms with Crippen molar-refractivity contribution in [3.8, 4) is 11.5 Å². The van der Waals surface area contributed by atoms with Gasteiger partial charge in [0, 0.05) is 38.4 Å². The Bertz CT molecular complexity index is 1140. The Morgan fingerprint density at radius 1 is 1.20 bits per heavy atom. The molecule has 1 saturated heterocycles. The minimum Gasteiger partial charge on any atom is -0.507 e. The molecular formula is C27H32N2O6. The third kappa shape index (κ3) is 4.84. The number of hydrogen-bond acceptors (Lipinski definition) is 7. The lowest BCUT2D eigenvalue weighted by Gasteiger charge is -2.29. The van der Waals surface area contributed by atoms with Crippen LogP contribution in [0.2, 0.25) is 0 Å². The minimum atomic E-state index is -0.785. The van der Waals surface area contributed by atoms with Crippen molar-refractivity contribution in [3.63, 3.8) is 0 Å². The summed E-state index contributed by atoms with van der Waals surface area (Å²) in [6.07, 6.45) is 0.442. The van der Waals surface area contributed by atoms with Gasteiger partial charge in [-0.3, -0.25) is 9.59 Å². The molecule has 0 radical (unpaired) electrons. The summed E-state index contributed by atoms with van der Waals surface area (Å²) in [5, 5.41) is 11.4. The zero-order chi connectivity index (χ0) is 25.1. The van der Waals surface area contributed by atoms with E-state index in [1.54, 1.807) is 25.3 Å². The van der Waals surface area contributed by atoms with Gasteiger partial charge in [0.1, 0.15) is 23.9 Å². The number of likely N-dealkylation sites (tertiary alicyclic amines) is 1. The Labute approximate surface area is 205 Å². The number of hydrogen-bond donors (Lipinski definition) is 1. The average Bonchev–Trinajstić information content (AvgIpc) is 3.09. The fourth-order valence-corrected chi connectivity index (χ4v) is 4.53. The maximum absolute atomic E-state index is 13.3. The van der Waals surface area contributed by atoms with Crippen LogP contribution in [-0.4, -0.2) is 68.3 Å². The number of anilines is 1. The second-order valence-corrected chi connectivity index (χ2v) is 9.00. The number of nitrogens with zero attached hydrogens (tertiary/aromatic N) is 2. The summed E-state index contributed by atoms with van der Waals surface area (Å²) in [5.41, 5.74) is 1.96. The predicted molar refractivity (Wildman–Crippen MR) is 133 cm³/mol. The summed E-state index contributed by atoms with van der Waals surface area (Å²) in [7, 11) is 3.54. The number of likely N-dealkylation sites (N-methyl/N-ethyl adjacent to an activating group) is 1. The summed E-state index contributed by atoms with van der Waals surface area (Å²) >= 11 is 0. The Morgan fingerprint density at radius 3 is 2.71 bits per heavy atom. The van der Waals surface area contributed by atoms with E-state index >= 15 is 0 Å². The summed E-state index contributed by atoms with van der Waals surface area (Å²) in [5.74, 6) is -0.307. The van der Waals surface area contributed by atoms with Crippen LogP contribution in [0.5, 0.6) is 11.5 Å². The van der Waals surface area contributed by atoms with Crippen molar-refractivity contribution in [1.29, 1.82) is 0 Å². The number of ether oxygens (including phenoxy) is 3. The molecule has 0 aliphatic carbocycles. The van der Waals surface area contributed by atoms with Gasteiger partial charge in [-0.05, 0) is 44.5 Å². The lowest BCUT2D eigenvalue weighted by molar-refractivity contribution is -0.140. The molecule has 1 unspecified atom stereocenters. The number of benzene rings is 2. The van der Waals surface area contributed by atoms with Gasteiger partial charge in [-0.2, -0.15) is 0 Å². The van der Waals surface area contributed by atoms with Crippen molar-refractivity contribution in [1.82, 2.24) is 4.90 Å². The molecule has 2 aromatic carbocycles. The van der Waals surface area contributed by atoms with Gasteiger partial charge in [-0.15, -0.1) is 0 Å². The van der Waals surface area contributed by atoms with Gasteiger partial charge in [0.2, 0.25) is 0 Å². The van der Waals surface area contributed by atoms with E-state index in [-0.39, 0.29) is 17.4 Å². The topological polar surface area (TPSA) is 88.5 Å². The number of amides is 1. The molecule has 2 heterocycles. The summed E-state index contributed by atoms with van der Waals surface area (Å²) in [6.45, 7) is 5.86. The first-order chi connectivity index (χ1) is 16.8. The molecule has 1 N–H and O–H groups in total. The number of fused-ring (bicyclic) bond motifs is 1. The molecular weight excluding hydrogens is 448 g/mol. The Morgan fingerprint density at radius 2 is 1.97 bits per heavy atom. The molecule has 2 aromatic rings. The van der Waals surface area contributed by atoms with Crippen LogP contribution in [0.4, 0.5) is 5.69 Å². The third-order valence-corrected chi connectivity index (χ3v) is 6.19. The zero-order valence-electron chi connectivity index (χ0n) is 20.6. The lowest BCUT2D eigenvalue weighted by Crippen LogP contribution is -2.31. The number of rotatable bonds is 8. The largest absolute Gasteiger partial charge is 0.507 e. The van der Waals surface area contributed by atoms with E-state index in [1.807, 2.05) is 50.1 Å². The summed E-state index contributed by atoms with van der Waals surface area (Å²) in [4.78, 5) is 30.0. The first-order valence-electron chi connectivity index (χ1n) is 11.8. The maximum Gasteiger partial charge on any atom is 0.295 e. The molecule has 0 bridgehead atoms. The van der Waals surface area contributed by atoms with Gasteiger partial charge in [-0.1, -0.05) is 18.2 Å². The zero-order valence-corrected chi connectivity index (χ0v) is 20.6. The number of para-hydroxylation sites is 1. The Hall–Kier alpha value is -3.52. The fourth-order valence-electron chi connectivity index (χ4n) is 4.53.